The van der Waals surface area contributed by atoms with Crippen molar-refractivity contribution >= 4 is 21.7 Å². The SMILES string of the molecule is Nc1ncc(Br)cc1C1CCOC1. The Morgan fingerprint density at radius 1 is 1.62 bits per heavy atom. The molecule has 1 aliphatic heterocycles. The second-order valence-electron chi connectivity index (χ2n) is 3.19. The third-order valence-corrected chi connectivity index (χ3v) is 2.72. The minimum absolute atomic E-state index is 0.421. The minimum atomic E-state index is 0.421. The molecule has 0 bridgehead atoms. The van der Waals surface area contributed by atoms with Crippen molar-refractivity contribution in [3.05, 3.63) is 22.3 Å². The first-order valence-electron chi connectivity index (χ1n) is 4.26. The maximum absolute atomic E-state index is 5.78. The molecule has 2 N–H and O–H groups in total. The van der Waals surface area contributed by atoms with E-state index in [1.165, 1.54) is 0 Å². The number of halogens is 1. The number of nitrogen functional groups attached to an aromatic ring is 1. The molecular formula is C9H11BrN2O. The van der Waals surface area contributed by atoms with E-state index in [0.29, 0.717) is 11.7 Å². The number of hydrogen-bond acceptors (Lipinski definition) is 3. The van der Waals surface area contributed by atoms with Crippen LogP contribution in [0.2, 0.25) is 0 Å². The predicted octanol–water partition coefficient (Wildman–Crippen LogP) is 1.93. The van der Waals surface area contributed by atoms with E-state index in [4.69, 9.17) is 10.5 Å². The average Bonchev–Trinajstić information content (AvgIpc) is 2.61. The molecule has 0 aromatic carbocycles. The summed E-state index contributed by atoms with van der Waals surface area (Å²) in [7, 11) is 0. The summed E-state index contributed by atoms with van der Waals surface area (Å²) in [5.41, 5.74) is 6.89. The summed E-state index contributed by atoms with van der Waals surface area (Å²) in [5, 5.41) is 0. The first kappa shape index (κ1) is 8.97. The molecule has 1 fully saturated rings. The predicted molar refractivity (Wildman–Crippen MR) is 54.5 cm³/mol. The van der Waals surface area contributed by atoms with Crippen molar-refractivity contribution in [1.82, 2.24) is 4.98 Å². The van der Waals surface area contributed by atoms with Gasteiger partial charge in [0.2, 0.25) is 0 Å². The van der Waals surface area contributed by atoms with Crippen molar-refractivity contribution in [1.29, 1.82) is 0 Å². The Morgan fingerprint density at radius 3 is 3.15 bits per heavy atom. The molecule has 0 aliphatic carbocycles. The summed E-state index contributed by atoms with van der Waals surface area (Å²) in [5.74, 6) is 1.05. The zero-order chi connectivity index (χ0) is 9.26. The Hall–Kier alpha value is -0.610. The van der Waals surface area contributed by atoms with E-state index in [9.17, 15) is 0 Å². The first-order valence-corrected chi connectivity index (χ1v) is 5.05. The molecule has 1 aromatic rings. The van der Waals surface area contributed by atoms with Gasteiger partial charge in [0, 0.05) is 28.8 Å². The molecule has 3 nitrogen and oxygen atoms in total. The third-order valence-electron chi connectivity index (χ3n) is 2.29. The zero-order valence-electron chi connectivity index (χ0n) is 7.16. The van der Waals surface area contributed by atoms with Crippen molar-refractivity contribution in [2.45, 2.75) is 12.3 Å². The van der Waals surface area contributed by atoms with Crippen LogP contribution in [0.15, 0.2) is 16.7 Å². The molecular weight excluding hydrogens is 232 g/mol. The van der Waals surface area contributed by atoms with E-state index in [1.54, 1.807) is 6.20 Å². The van der Waals surface area contributed by atoms with Crippen LogP contribution >= 0.6 is 15.9 Å². The van der Waals surface area contributed by atoms with Crippen LogP contribution in [0.25, 0.3) is 0 Å². The highest BCUT2D eigenvalue weighted by molar-refractivity contribution is 9.10. The average molecular weight is 243 g/mol. The number of anilines is 1. The van der Waals surface area contributed by atoms with E-state index in [2.05, 4.69) is 20.9 Å². The van der Waals surface area contributed by atoms with Crippen LogP contribution in [0.5, 0.6) is 0 Å². The van der Waals surface area contributed by atoms with Gasteiger partial charge in [-0.15, -0.1) is 0 Å². The minimum Gasteiger partial charge on any atom is -0.383 e. The largest absolute Gasteiger partial charge is 0.383 e. The molecule has 1 aromatic heterocycles. The van der Waals surface area contributed by atoms with Crippen molar-refractivity contribution in [3.63, 3.8) is 0 Å². The Morgan fingerprint density at radius 2 is 2.46 bits per heavy atom. The number of pyridine rings is 1. The highest BCUT2D eigenvalue weighted by Gasteiger charge is 2.20. The van der Waals surface area contributed by atoms with Gasteiger partial charge in [0.05, 0.1) is 6.61 Å². The lowest BCUT2D eigenvalue weighted by Gasteiger charge is -2.10. The van der Waals surface area contributed by atoms with Crippen LogP contribution in [-0.4, -0.2) is 18.2 Å². The number of nitrogens with zero attached hydrogens (tertiary/aromatic N) is 1. The molecule has 1 atom stereocenters. The fourth-order valence-electron chi connectivity index (χ4n) is 1.57. The van der Waals surface area contributed by atoms with Crippen LogP contribution in [0, 0.1) is 0 Å². The van der Waals surface area contributed by atoms with Crippen molar-refractivity contribution in [2.24, 2.45) is 0 Å². The summed E-state index contributed by atoms with van der Waals surface area (Å²) in [6, 6.07) is 2.03. The molecule has 0 saturated carbocycles. The molecule has 2 heterocycles. The lowest BCUT2D eigenvalue weighted by Crippen LogP contribution is -2.04. The normalized spacial score (nSPS) is 22.1. The summed E-state index contributed by atoms with van der Waals surface area (Å²) in [6.07, 6.45) is 2.76. The third kappa shape index (κ3) is 1.84. The van der Waals surface area contributed by atoms with Gasteiger partial charge in [-0.2, -0.15) is 0 Å². The van der Waals surface area contributed by atoms with Gasteiger partial charge in [0.25, 0.3) is 0 Å². The fourth-order valence-corrected chi connectivity index (χ4v) is 1.92. The molecule has 4 heteroatoms. The van der Waals surface area contributed by atoms with Crippen molar-refractivity contribution < 1.29 is 4.74 Å². The highest BCUT2D eigenvalue weighted by Crippen LogP contribution is 2.29. The van der Waals surface area contributed by atoms with Gasteiger partial charge < -0.3 is 10.5 Å². The Labute approximate surface area is 85.4 Å². The Bertz CT molecular complexity index is 310. The van der Waals surface area contributed by atoms with Crippen LogP contribution in [0.1, 0.15) is 17.9 Å². The number of aromatic nitrogens is 1. The van der Waals surface area contributed by atoms with Crippen LogP contribution in [0.3, 0.4) is 0 Å². The van der Waals surface area contributed by atoms with Crippen LogP contribution in [-0.2, 0) is 4.74 Å². The number of hydrogen-bond donors (Lipinski definition) is 1. The number of ether oxygens (including phenoxy) is 1. The molecule has 13 heavy (non-hydrogen) atoms. The van der Waals surface area contributed by atoms with Crippen molar-refractivity contribution in [2.75, 3.05) is 18.9 Å². The quantitative estimate of drug-likeness (QED) is 0.819. The first-order chi connectivity index (χ1) is 6.27. The summed E-state index contributed by atoms with van der Waals surface area (Å²) in [4.78, 5) is 4.10. The number of nitrogens with two attached hydrogens (primary N) is 1. The standard InChI is InChI=1S/C9H11BrN2O/c10-7-3-8(9(11)12-4-7)6-1-2-13-5-6/h3-4,6H,1-2,5H2,(H2,11,12). The van der Waals surface area contributed by atoms with E-state index in [1.807, 2.05) is 6.07 Å². The molecule has 1 aliphatic rings. The van der Waals surface area contributed by atoms with Gasteiger partial charge in [-0.3, -0.25) is 0 Å². The van der Waals surface area contributed by atoms with Crippen molar-refractivity contribution in [3.8, 4) is 0 Å². The van der Waals surface area contributed by atoms with Gasteiger partial charge in [-0.1, -0.05) is 0 Å². The van der Waals surface area contributed by atoms with E-state index in [0.717, 1.165) is 29.7 Å². The van der Waals surface area contributed by atoms with E-state index < -0.39 is 0 Å². The maximum atomic E-state index is 5.78. The Balaban J connectivity index is 2.32. The summed E-state index contributed by atoms with van der Waals surface area (Å²) >= 11 is 3.38. The van der Waals surface area contributed by atoms with Gasteiger partial charge in [-0.25, -0.2) is 4.98 Å². The van der Waals surface area contributed by atoms with Crippen LogP contribution in [0.4, 0.5) is 5.82 Å². The molecule has 0 spiro atoms. The van der Waals surface area contributed by atoms with Gasteiger partial charge in [0.15, 0.2) is 0 Å². The summed E-state index contributed by atoms with van der Waals surface area (Å²) < 4.78 is 6.28. The smallest absolute Gasteiger partial charge is 0.126 e. The van der Waals surface area contributed by atoms with E-state index >= 15 is 0 Å². The van der Waals surface area contributed by atoms with E-state index in [-0.39, 0.29) is 0 Å². The lowest BCUT2D eigenvalue weighted by atomic mass is 9.99. The zero-order valence-corrected chi connectivity index (χ0v) is 8.75. The molecule has 0 amide bonds. The summed E-state index contributed by atoms with van der Waals surface area (Å²) in [6.45, 7) is 1.60. The second-order valence-corrected chi connectivity index (χ2v) is 4.10. The molecule has 1 unspecified atom stereocenters. The van der Waals surface area contributed by atoms with Gasteiger partial charge >= 0.3 is 0 Å². The monoisotopic (exact) mass is 242 g/mol. The maximum Gasteiger partial charge on any atom is 0.126 e. The lowest BCUT2D eigenvalue weighted by molar-refractivity contribution is 0.194. The highest BCUT2D eigenvalue weighted by atomic mass is 79.9. The topological polar surface area (TPSA) is 48.1 Å². The fraction of sp³-hybridized carbons (Fsp3) is 0.444. The molecule has 1 saturated heterocycles. The molecule has 70 valence electrons. The second kappa shape index (κ2) is 3.64. The van der Waals surface area contributed by atoms with Gasteiger partial charge in [-0.05, 0) is 28.4 Å². The molecule has 2 rings (SSSR count). The van der Waals surface area contributed by atoms with Crippen LogP contribution < -0.4 is 5.73 Å². The number of rotatable bonds is 1. The Kier molecular flexibility index (Phi) is 2.51. The van der Waals surface area contributed by atoms with Gasteiger partial charge in [0.1, 0.15) is 5.82 Å². The molecule has 0 radical (unpaired) electrons.